The average Bonchev–Trinajstić information content (AvgIpc) is 2.35. The second-order valence-electron chi connectivity index (χ2n) is 4.25. The van der Waals surface area contributed by atoms with Crippen LogP contribution in [0.5, 0.6) is 0 Å². The Balaban J connectivity index is 2.90. The summed E-state index contributed by atoms with van der Waals surface area (Å²) >= 11 is 5.90. The van der Waals surface area contributed by atoms with Gasteiger partial charge in [0.25, 0.3) is 0 Å². The second kappa shape index (κ2) is 7.07. The van der Waals surface area contributed by atoms with Gasteiger partial charge in [-0.25, -0.2) is 4.98 Å². The highest BCUT2D eigenvalue weighted by atomic mass is 35.5. The molecule has 0 atom stereocenters. The third-order valence-electron chi connectivity index (χ3n) is 2.89. The van der Waals surface area contributed by atoms with E-state index < -0.39 is 0 Å². The average molecular weight is 281 g/mol. The molecule has 1 heterocycles. The van der Waals surface area contributed by atoms with E-state index in [9.17, 15) is 4.79 Å². The summed E-state index contributed by atoms with van der Waals surface area (Å²) in [7, 11) is 0. The molecule has 1 rings (SSSR count). The molecule has 3 N–H and O–H groups in total. The summed E-state index contributed by atoms with van der Waals surface area (Å²) in [6.07, 6.45) is 0.938. The minimum absolute atomic E-state index is 0.104. The molecule has 0 unspecified atom stereocenters. The number of nitrogens with one attached hydrogen (secondary N) is 1. The molecule has 102 valence electrons. The van der Waals surface area contributed by atoms with Crippen LogP contribution in [0.25, 0.3) is 0 Å². The molecule has 0 saturated carbocycles. The minimum Gasteiger partial charge on any atom is -0.356 e. The fourth-order valence-corrected chi connectivity index (χ4v) is 2.10. The first-order chi connectivity index (χ1) is 9.01. The van der Waals surface area contributed by atoms with Crippen molar-refractivity contribution >= 4 is 17.5 Å². The summed E-state index contributed by atoms with van der Waals surface area (Å²) in [6.45, 7) is 4.66. The van der Waals surface area contributed by atoms with E-state index in [0.29, 0.717) is 29.9 Å². The topological polar surface area (TPSA) is 91.8 Å². The molecule has 0 bridgehead atoms. The van der Waals surface area contributed by atoms with Crippen molar-refractivity contribution in [1.82, 2.24) is 10.3 Å². The summed E-state index contributed by atoms with van der Waals surface area (Å²) in [6, 6.07) is 2.01. The number of pyridine rings is 1. The molecule has 0 fully saturated rings. The van der Waals surface area contributed by atoms with Gasteiger partial charge in [-0.1, -0.05) is 11.6 Å². The van der Waals surface area contributed by atoms with Gasteiger partial charge in [-0.05, 0) is 37.9 Å². The van der Waals surface area contributed by atoms with Crippen LogP contribution in [0.3, 0.4) is 0 Å². The van der Waals surface area contributed by atoms with Gasteiger partial charge in [-0.2, -0.15) is 5.26 Å². The number of carbonyl (C=O) groups excluding carboxylic acids is 1. The summed E-state index contributed by atoms with van der Waals surface area (Å²) in [5.41, 5.74) is 7.84. The highest BCUT2D eigenvalue weighted by molar-refractivity contribution is 6.30. The van der Waals surface area contributed by atoms with E-state index in [-0.39, 0.29) is 17.5 Å². The number of nitriles is 1. The Morgan fingerprint density at radius 1 is 1.53 bits per heavy atom. The molecule has 5 nitrogen and oxygen atoms in total. The van der Waals surface area contributed by atoms with Gasteiger partial charge in [0.2, 0.25) is 5.91 Å². The first kappa shape index (κ1) is 15.4. The summed E-state index contributed by atoms with van der Waals surface area (Å²) in [5, 5.41) is 12.0. The molecule has 19 heavy (non-hydrogen) atoms. The molecule has 1 amide bonds. The molecule has 0 aliphatic heterocycles. The number of hydrogen-bond acceptors (Lipinski definition) is 4. The largest absolute Gasteiger partial charge is 0.356 e. The molecule has 1 aromatic heterocycles. The third-order valence-corrected chi connectivity index (χ3v) is 3.16. The van der Waals surface area contributed by atoms with E-state index in [4.69, 9.17) is 22.6 Å². The molecule has 0 saturated heterocycles. The van der Waals surface area contributed by atoms with Gasteiger partial charge in [0, 0.05) is 12.2 Å². The van der Waals surface area contributed by atoms with E-state index in [1.807, 2.05) is 6.07 Å². The van der Waals surface area contributed by atoms with Crippen LogP contribution >= 0.6 is 11.6 Å². The van der Waals surface area contributed by atoms with Crippen LogP contribution in [0.15, 0.2) is 0 Å². The molecule has 6 heteroatoms. The molecule has 1 aromatic rings. The van der Waals surface area contributed by atoms with Gasteiger partial charge < -0.3 is 11.1 Å². The number of hydrogen-bond donors (Lipinski definition) is 2. The molecular weight excluding hydrogens is 264 g/mol. The predicted molar refractivity (Wildman–Crippen MR) is 73.8 cm³/mol. The molecular formula is C13H17ClN4O. The Kier molecular flexibility index (Phi) is 5.74. The predicted octanol–water partition coefficient (Wildman–Crippen LogP) is 1.23. The first-order valence-electron chi connectivity index (χ1n) is 6.03. The number of nitrogens with zero attached hydrogens (tertiary/aromatic N) is 2. The zero-order valence-corrected chi connectivity index (χ0v) is 11.8. The first-order valence-corrected chi connectivity index (χ1v) is 6.41. The zero-order valence-electron chi connectivity index (χ0n) is 11.1. The molecule has 0 aromatic carbocycles. The fourth-order valence-electron chi connectivity index (χ4n) is 1.79. The lowest BCUT2D eigenvalue weighted by molar-refractivity contribution is -0.120. The van der Waals surface area contributed by atoms with Crippen molar-refractivity contribution in [1.29, 1.82) is 5.26 Å². The van der Waals surface area contributed by atoms with Crippen molar-refractivity contribution in [2.45, 2.75) is 26.7 Å². The maximum atomic E-state index is 11.8. The van der Waals surface area contributed by atoms with E-state index >= 15 is 0 Å². The number of carbonyl (C=O) groups is 1. The summed E-state index contributed by atoms with van der Waals surface area (Å²) in [5.74, 6) is -0.104. The summed E-state index contributed by atoms with van der Waals surface area (Å²) < 4.78 is 0. The van der Waals surface area contributed by atoms with Crippen molar-refractivity contribution in [3.63, 3.8) is 0 Å². The molecule has 0 aliphatic rings. The quantitative estimate of drug-likeness (QED) is 0.627. The number of amides is 1. The lowest BCUT2D eigenvalue weighted by atomic mass is 10.0. The van der Waals surface area contributed by atoms with Crippen LogP contribution in [0.1, 0.15) is 28.8 Å². The highest BCUT2D eigenvalue weighted by Crippen LogP contribution is 2.23. The maximum absolute atomic E-state index is 11.8. The van der Waals surface area contributed by atoms with E-state index in [1.54, 1.807) is 13.8 Å². The Bertz CT molecular complexity index is 522. The lowest BCUT2D eigenvalue weighted by Gasteiger charge is -2.12. The highest BCUT2D eigenvalue weighted by Gasteiger charge is 2.15. The van der Waals surface area contributed by atoms with Crippen molar-refractivity contribution in [3.05, 3.63) is 27.5 Å². The summed E-state index contributed by atoms with van der Waals surface area (Å²) in [4.78, 5) is 15.9. The van der Waals surface area contributed by atoms with Gasteiger partial charge in [0.05, 0.1) is 12.0 Å². The fraction of sp³-hybridized carbons (Fsp3) is 0.462. The third kappa shape index (κ3) is 3.91. The van der Waals surface area contributed by atoms with Crippen LogP contribution in [0, 0.1) is 25.2 Å². The van der Waals surface area contributed by atoms with Crippen LogP contribution < -0.4 is 11.1 Å². The Morgan fingerprint density at radius 2 is 2.21 bits per heavy atom. The van der Waals surface area contributed by atoms with Gasteiger partial charge in [0.15, 0.2) is 0 Å². The van der Waals surface area contributed by atoms with Crippen molar-refractivity contribution < 1.29 is 4.79 Å². The van der Waals surface area contributed by atoms with E-state index in [1.165, 1.54) is 0 Å². The number of nitrogens with two attached hydrogens (primary N) is 1. The van der Waals surface area contributed by atoms with Crippen molar-refractivity contribution in [2.75, 3.05) is 13.1 Å². The van der Waals surface area contributed by atoms with Gasteiger partial charge in [0.1, 0.15) is 11.2 Å². The normalized spacial score (nSPS) is 10.1. The van der Waals surface area contributed by atoms with Crippen LogP contribution in [-0.2, 0) is 11.2 Å². The Hall–Kier alpha value is -1.64. The number of aryl methyl sites for hydroxylation is 1. The Labute approximate surface area is 117 Å². The molecule has 0 radical (unpaired) electrons. The smallest absolute Gasteiger partial charge is 0.224 e. The zero-order chi connectivity index (χ0) is 14.4. The Morgan fingerprint density at radius 3 is 2.79 bits per heavy atom. The van der Waals surface area contributed by atoms with Crippen LogP contribution in [-0.4, -0.2) is 24.0 Å². The lowest BCUT2D eigenvalue weighted by Crippen LogP contribution is -2.28. The number of aromatic nitrogens is 1. The van der Waals surface area contributed by atoms with Gasteiger partial charge >= 0.3 is 0 Å². The van der Waals surface area contributed by atoms with E-state index in [2.05, 4.69) is 10.3 Å². The molecule has 0 aliphatic carbocycles. The van der Waals surface area contributed by atoms with Gasteiger partial charge in [-0.3, -0.25) is 4.79 Å². The van der Waals surface area contributed by atoms with Gasteiger partial charge in [-0.15, -0.1) is 0 Å². The van der Waals surface area contributed by atoms with E-state index in [0.717, 1.165) is 12.0 Å². The molecule has 0 spiro atoms. The standard InChI is InChI=1S/C13H17ClN4O/c1-8-10(6-12(19)17-5-3-4-15)9(2)18-13(14)11(8)7-16/h3-6,15H2,1-2H3,(H,17,19). The second-order valence-corrected chi connectivity index (χ2v) is 4.61. The SMILES string of the molecule is Cc1nc(Cl)c(C#N)c(C)c1CC(=O)NCCCN. The van der Waals surface area contributed by atoms with Crippen LogP contribution in [0.2, 0.25) is 5.15 Å². The van der Waals surface area contributed by atoms with Crippen molar-refractivity contribution in [2.24, 2.45) is 5.73 Å². The minimum atomic E-state index is -0.104. The maximum Gasteiger partial charge on any atom is 0.224 e. The van der Waals surface area contributed by atoms with Crippen LogP contribution in [0.4, 0.5) is 0 Å². The van der Waals surface area contributed by atoms with Crippen molar-refractivity contribution in [3.8, 4) is 6.07 Å². The number of rotatable bonds is 5. The monoisotopic (exact) mass is 280 g/mol. The number of halogens is 1.